The Morgan fingerprint density at radius 3 is 3.07 bits per heavy atom. The summed E-state index contributed by atoms with van der Waals surface area (Å²) in [4.78, 5) is 14.6. The smallest absolute Gasteiger partial charge is 0.330 e. The molecule has 4 rings (SSSR count). The van der Waals surface area contributed by atoms with Crippen molar-refractivity contribution in [2.75, 3.05) is 13.7 Å². The number of para-hydroxylation sites is 1. The van der Waals surface area contributed by atoms with E-state index in [-0.39, 0.29) is 5.97 Å². The predicted molar refractivity (Wildman–Crippen MR) is 114 cm³/mol. The fourth-order valence-electron chi connectivity index (χ4n) is 3.76. The van der Waals surface area contributed by atoms with Crippen LogP contribution in [0.2, 0.25) is 0 Å². The van der Waals surface area contributed by atoms with Crippen molar-refractivity contribution in [1.29, 1.82) is 0 Å². The molecule has 142 valence electrons. The number of carbonyl (C=O) groups is 1. The van der Waals surface area contributed by atoms with Crippen molar-refractivity contribution < 1.29 is 9.53 Å². The number of esters is 1. The second-order valence-electron chi connectivity index (χ2n) is 7.00. The molecule has 4 nitrogen and oxygen atoms in total. The van der Waals surface area contributed by atoms with Crippen LogP contribution in [-0.4, -0.2) is 24.6 Å². The van der Waals surface area contributed by atoms with Crippen LogP contribution in [0.15, 0.2) is 60.8 Å². The zero-order valence-corrected chi connectivity index (χ0v) is 15.9. The Morgan fingerprint density at radius 1 is 1.29 bits per heavy atom. The third-order valence-electron chi connectivity index (χ3n) is 5.23. The van der Waals surface area contributed by atoms with Crippen molar-refractivity contribution in [3.05, 3.63) is 83.1 Å². The lowest BCUT2D eigenvalue weighted by atomic mass is 9.91. The van der Waals surface area contributed by atoms with Gasteiger partial charge >= 0.3 is 5.97 Å². The zero-order valence-electron chi connectivity index (χ0n) is 15.9. The van der Waals surface area contributed by atoms with Crippen molar-refractivity contribution in [1.82, 2.24) is 10.3 Å². The molecule has 0 fully saturated rings. The first kappa shape index (κ1) is 18.3. The number of methoxy groups -OCH3 is 1. The average molecular weight is 372 g/mol. The van der Waals surface area contributed by atoms with E-state index < -0.39 is 0 Å². The standard InChI is InChI=1S/C24H24N2O2/c1-28-24(27)12-10-17-9-11-21-18(15-17)5-4-8-22(21)25-14-13-19-16-26-23-7-3-2-6-20(19)23/h2-7,9-12,15-16,22,25-26H,8,13-14H2,1H3/b12-10+. The lowest BCUT2D eigenvalue weighted by Crippen LogP contribution is -2.25. The van der Waals surface area contributed by atoms with Gasteiger partial charge in [0.05, 0.1) is 7.11 Å². The van der Waals surface area contributed by atoms with Crippen molar-refractivity contribution in [3.8, 4) is 0 Å². The number of fused-ring (bicyclic) bond motifs is 2. The second-order valence-corrected chi connectivity index (χ2v) is 7.00. The van der Waals surface area contributed by atoms with Crippen LogP contribution in [0.25, 0.3) is 23.1 Å². The molecule has 2 aromatic carbocycles. The number of benzene rings is 2. The highest BCUT2D eigenvalue weighted by Gasteiger charge is 2.16. The maximum Gasteiger partial charge on any atom is 0.330 e. The summed E-state index contributed by atoms with van der Waals surface area (Å²) in [7, 11) is 1.38. The Balaban J connectivity index is 1.42. The number of H-pyrrole nitrogens is 1. The lowest BCUT2D eigenvalue weighted by Gasteiger charge is -2.23. The molecule has 1 aliphatic carbocycles. The fourth-order valence-corrected chi connectivity index (χ4v) is 3.76. The summed E-state index contributed by atoms with van der Waals surface area (Å²) in [6.07, 6.45) is 11.7. The van der Waals surface area contributed by atoms with Gasteiger partial charge in [0.25, 0.3) is 0 Å². The van der Waals surface area contributed by atoms with E-state index in [1.54, 1.807) is 6.08 Å². The Morgan fingerprint density at radius 2 is 2.18 bits per heavy atom. The molecule has 4 heteroatoms. The maximum absolute atomic E-state index is 11.3. The van der Waals surface area contributed by atoms with Gasteiger partial charge in [0.2, 0.25) is 0 Å². The van der Waals surface area contributed by atoms with Gasteiger partial charge < -0.3 is 15.0 Å². The van der Waals surface area contributed by atoms with Crippen molar-refractivity contribution in [3.63, 3.8) is 0 Å². The van der Waals surface area contributed by atoms with Crippen LogP contribution >= 0.6 is 0 Å². The van der Waals surface area contributed by atoms with Crippen LogP contribution in [-0.2, 0) is 16.0 Å². The minimum atomic E-state index is -0.343. The molecule has 1 unspecified atom stereocenters. The quantitative estimate of drug-likeness (QED) is 0.489. The zero-order chi connectivity index (χ0) is 19.3. The molecule has 1 aromatic heterocycles. The summed E-state index contributed by atoms with van der Waals surface area (Å²) >= 11 is 0. The molecule has 28 heavy (non-hydrogen) atoms. The van der Waals surface area contributed by atoms with Crippen molar-refractivity contribution in [2.45, 2.75) is 18.9 Å². The Labute approximate surface area is 164 Å². The highest BCUT2D eigenvalue weighted by Crippen LogP contribution is 2.29. The highest BCUT2D eigenvalue weighted by atomic mass is 16.5. The number of nitrogens with one attached hydrogen (secondary N) is 2. The van der Waals surface area contributed by atoms with Gasteiger partial charge in [0.15, 0.2) is 0 Å². The molecule has 3 aromatic rings. The SMILES string of the molecule is COC(=O)/C=C/c1ccc2c(c1)C=CCC2NCCc1c[nH]c2ccccc12. The Bertz CT molecular complexity index is 1050. The molecular weight excluding hydrogens is 348 g/mol. The minimum Gasteiger partial charge on any atom is -0.466 e. The summed E-state index contributed by atoms with van der Waals surface area (Å²) < 4.78 is 4.65. The Hall–Kier alpha value is -3.11. The van der Waals surface area contributed by atoms with Gasteiger partial charge in [-0.15, -0.1) is 0 Å². The number of hydrogen-bond donors (Lipinski definition) is 2. The van der Waals surface area contributed by atoms with Crippen LogP contribution < -0.4 is 5.32 Å². The first-order chi connectivity index (χ1) is 13.7. The van der Waals surface area contributed by atoms with E-state index in [2.05, 4.69) is 69.8 Å². The first-order valence-corrected chi connectivity index (χ1v) is 9.59. The van der Waals surface area contributed by atoms with Gasteiger partial charge in [-0.2, -0.15) is 0 Å². The summed E-state index contributed by atoms with van der Waals surface area (Å²) in [5.41, 5.74) is 6.03. The van der Waals surface area contributed by atoms with Crippen LogP contribution in [0, 0.1) is 0 Å². The molecule has 0 bridgehead atoms. The van der Waals surface area contributed by atoms with Gasteiger partial charge in [-0.3, -0.25) is 0 Å². The maximum atomic E-state index is 11.3. The number of hydrogen-bond acceptors (Lipinski definition) is 3. The molecular formula is C24H24N2O2. The number of aromatic nitrogens is 1. The molecule has 1 aliphatic rings. The average Bonchev–Trinajstić information content (AvgIpc) is 3.15. The van der Waals surface area contributed by atoms with E-state index in [0.717, 1.165) is 24.9 Å². The molecule has 1 atom stereocenters. The molecule has 1 heterocycles. The van der Waals surface area contributed by atoms with E-state index in [1.165, 1.54) is 40.8 Å². The van der Waals surface area contributed by atoms with Crippen molar-refractivity contribution >= 4 is 29.0 Å². The van der Waals surface area contributed by atoms with Crippen LogP contribution in [0.4, 0.5) is 0 Å². The third kappa shape index (κ3) is 3.92. The van der Waals surface area contributed by atoms with E-state index in [9.17, 15) is 4.79 Å². The first-order valence-electron chi connectivity index (χ1n) is 9.59. The number of ether oxygens (including phenoxy) is 1. The van der Waals surface area contributed by atoms with Gasteiger partial charge in [-0.25, -0.2) is 4.79 Å². The van der Waals surface area contributed by atoms with Crippen molar-refractivity contribution in [2.24, 2.45) is 0 Å². The predicted octanol–water partition coefficient (Wildman–Crippen LogP) is 4.64. The van der Waals surface area contributed by atoms with Crippen LogP contribution in [0.1, 0.15) is 34.7 Å². The summed E-state index contributed by atoms with van der Waals surface area (Å²) in [5.74, 6) is -0.343. The van der Waals surface area contributed by atoms with E-state index >= 15 is 0 Å². The van der Waals surface area contributed by atoms with Crippen LogP contribution in [0.3, 0.4) is 0 Å². The highest BCUT2D eigenvalue weighted by molar-refractivity contribution is 5.87. The third-order valence-corrected chi connectivity index (χ3v) is 5.23. The van der Waals surface area contributed by atoms with Gasteiger partial charge in [-0.05, 0) is 59.8 Å². The fraction of sp³-hybridized carbons (Fsp3) is 0.208. The lowest BCUT2D eigenvalue weighted by molar-refractivity contribution is -0.134. The number of carbonyl (C=O) groups excluding carboxylic acids is 1. The largest absolute Gasteiger partial charge is 0.466 e. The molecule has 0 radical (unpaired) electrons. The number of rotatable bonds is 6. The van der Waals surface area contributed by atoms with E-state index in [0.29, 0.717) is 6.04 Å². The van der Waals surface area contributed by atoms with E-state index in [1.807, 2.05) is 6.07 Å². The molecule has 0 spiro atoms. The molecule has 0 amide bonds. The monoisotopic (exact) mass is 372 g/mol. The molecule has 2 N–H and O–H groups in total. The van der Waals surface area contributed by atoms with Gasteiger partial charge in [-0.1, -0.05) is 42.5 Å². The van der Waals surface area contributed by atoms with Gasteiger partial charge in [0.1, 0.15) is 0 Å². The summed E-state index contributed by atoms with van der Waals surface area (Å²) in [6.45, 7) is 0.920. The second kappa shape index (κ2) is 8.28. The number of aromatic amines is 1. The minimum absolute atomic E-state index is 0.309. The van der Waals surface area contributed by atoms with Crippen LogP contribution in [0.5, 0.6) is 0 Å². The van der Waals surface area contributed by atoms with E-state index in [4.69, 9.17) is 0 Å². The summed E-state index contributed by atoms with van der Waals surface area (Å²) in [6, 6.07) is 15.0. The molecule has 0 aliphatic heterocycles. The topological polar surface area (TPSA) is 54.1 Å². The molecule has 0 saturated carbocycles. The van der Waals surface area contributed by atoms with Gasteiger partial charge in [0, 0.05) is 29.2 Å². The Kier molecular flexibility index (Phi) is 5.40. The molecule has 0 saturated heterocycles. The summed E-state index contributed by atoms with van der Waals surface area (Å²) in [5, 5.41) is 5.00. The normalized spacial score (nSPS) is 15.8.